The van der Waals surface area contributed by atoms with Crippen molar-refractivity contribution in [3.63, 3.8) is 0 Å². The Balaban J connectivity index is 1.54. The minimum absolute atomic E-state index is 0.241. The molecule has 208 valence electrons. The van der Waals surface area contributed by atoms with Crippen molar-refractivity contribution in [2.45, 2.75) is 129 Å². The molecule has 0 bridgehead atoms. The number of unbranched alkanes of at least 4 members (excludes halogenated alkanes) is 7. The average Bonchev–Trinajstić information content (AvgIpc) is 2.97. The Labute approximate surface area is 234 Å². The minimum atomic E-state index is 0.241. The van der Waals surface area contributed by atoms with Crippen molar-refractivity contribution >= 4 is 0 Å². The molecule has 0 aromatic heterocycles. The number of hydrogen-bond acceptors (Lipinski definition) is 2. The fraction of sp³-hybridized carbons (Fsp3) is 0.639. The van der Waals surface area contributed by atoms with Crippen molar-refractivity contribution in [1.82, 2.24) is 0 Å². The molecule has 1 aliphatic rings. The van der Waals surface area contributed by atoms with Gasteiger partial charge in [0.05, 0.1) is 12.7 Å². The number of hydrogen-bond donors (Lipinski definition) is 0. The molecule has 2 heteroatoms. The fourth-order valence-electron chi connectivity index (χ4n) is 6.21. The summed E-state index contributed by atoms with van der Waals surface area (Å²) in [7, 11) is 0. The standard InChI is InChI=1S/C36H53NO/c1-3-5-7-8-9-14-28-38-36-26-24-34(25-27-36)33-20-18-32(19-21-33)31(15-11-6-4-2)22-23-35(29-37)30-16-12-10-13-17-30/h18-21,24-27,30-31,35H,3-17,22-23,28H2,1-2H3/t31-,35?/m1/s1. The average molecular weight is 516 g/mol. The van der Waals surface area contributed by atoms with E-state index in [1.807, 2.05) is 0 Å². The van der Waals surface area contributed by atoms with E-state index in [-0.39, 0.29) is 5.92 Å². The second kappa shape index (κ2) is 18.1. The maximum absolute atomic E-state index is 9.90. The van der Waals surface area contributed by atoms with E-state index in [1.54, 1.807) is 0 Å². The van der Waals surface area contributed by atoms with Crippen LogP contribution in [0.15, 0.2) is 48.5 Å². The summed E-state index contributed by atoms with van der Waals surface area (Å²) in [4.78, 5) is 0. The van der Waals surface area contributed by atoms with Crippen LogP contribution in [-0.2, 0) is 0 Å². The number of nitriles is 1. The van der Waals surface area contributed by atoms with E-state index in [1.165, 1.54) is 107 Å². The molecule has 1 aliphatic carbocycles. The summed E-state index contributed by atoms with van der Waals surface area (Å²) in [6.07, 6.45) is 21.5. The van der Waals surface area contributed by atoms with Crippen LogP contribution in [0.3, 0.4) is 0 Å². The highest BCUT2D eigenvalue weighted by molar-refractivity contribution is 5.64. The Bertz CT molecular complexity index is 904. The molecule has 0 aliphatic heterocycles. The Morgan fingerprint density at radius 3 is 1.97 bits per heavy atom. The van der Waals surface area contributed by atoms with Gasteiger partial charge in [-0.15, -0.1) is 0 Å². The summed E-state index contributed by atoms with van der Waals surface area (Å²) in [6, 6.07) is 20.6. The van der Waals surface area contributed by atoms with Gasteiger partial charge in [-0.25, -0.2) is 0 Å². The molecule has 1 unspecified atom stereocenters. The lowest BCUT2D eigenvalue weighted by Gasteiger charge is -2.27. The van der Waals surface area contributed by atoms with E-state index in [4.69, 9.17) is 4.74 Å². The van der Waals surface area contributed by atoms with Crippen molar-refractivity contribution in [1.29, 1.82) is 5.26 Å². The zero-order chi connectivity index (χ0) is 26.8. The van der Waals surface area contributed by atoms with Crippen molar-refractivity contribution in [3.05, 3.63) is 54.1 Å². The van der Waals surface area contributed by atoms with E-state index in [2.05, 4.69) is 68.4 Å². The van der Waals surface area contributed by atoms with Crippen LogP contribution in [0.25, 0.3) is 11.1 Å². The molecule has 0 N–H and O–H groups in total. The third-order valence-corrected chi connectivity index (χ3v) is 8.70. The normalized spacial score (nSPS) is 15.6. The van der Waals surface area contributed by atoms with Crippen LogP contribution in [0.4, 0.5) is 0 Å². The van der Waals surface area contributed by atoms with Gasteiger partial charge in [-0.05, 0) is 79.2 Å². The molecule has 2 nitrogen and oxygen atoms in total. The van der Waals surface area contributed by atoms with Gasteiger partial charge in [0.25, 0.3) is 0 Å². The largest absolute Gasteiger partial charge is 0.494 e. The van der Waals surface area contributed by atoms with Gasteiger partial charge in [-0.1, -0.05) is 121 Å². The van der Waals surface area contributed by atoms with Gasteiger partial charge in [0, 0.05) is 5.92 Å². The highest BCUT2D eigenvalue weighted by Gasteiger charge is 2.24. The highest BCUT2D eigenvalue weighted by Crippen LogP contribution is 2.36. The summed E-state index contributed by atoms with van der Waals surface area (Å²) in [5, 5.41) is 9.90. The van der Waals surface area contributed by atoms with Gasteiger partial charge in [-0.3, -0.25) is 0 Å². The van der Waals surface area contributed by atoms with Gasteiger partial charge in [-0.2, -0.15) is 5.26 Å². The Hall–Kier alpha value is -2.27. The zero-order valence-electron chi connectivity index (χ0n) is 24.4. The Morgan fingerprint density at radius 2 is 1.32 bits per heavy atom. The van der Waals surface area contributed by atoms with Gasteiger partial charge < -0.3 is 4.74 Å². The van der Waals surface area contributed by atoms with Crippen LogP contribution in [0.5, 0.6) is 5.75 Å². The zero-order valence-corrected chi connectivity index (χ0v) is 24.4. The third kappa shape index (κ3) is 10.5. The number of ether oxygens (including phenoxy) is 1. The number of rotatable bonds is 18. The van der Waals surface area contributed by atoms with E-state index in [9.17, 15) is 5.26 Å². The number of benzene rings is 2. The van der Waals surface area contributed by atoms with Crippen LogP contribution < -0.4 is 4.74 Å². The van der Waals surface area contributed by atoms with E-state index >= 15 is 0 Å². The van der Waals surface area contributed by atoms with Crippen LogP contribution in [-0.4, -0.2) is 6.61 Å². The lowest BCUT2D eigenvalue weighted by molar-refractivity contribution is 0.272. The quantitative estimate of drug-likeness (QED) is 0.185. The predicted octanol–water partition coefficient (Wildman–Crippen LogP) is 11.3. The highest BCUT2D eigenvalue weighted by atomic mass is 16.5. The molecule has 3 rings (SSSR count). The summed E-state index contributed by atoms with van der Waals surface area (Å²) in [5.41, 5.74) is 3.96. The topological polar surface area (TPSA) is 33.0 Å². The van der Waals surface area contributed by atoms with Crippen LogP contribution in [0.2, 0.25) is 0 Å². The lowest BCUT2D eigenvalue weighted by Crippen LogP contribution is -2.17. The van der Waals surface area contributed by atoms with Gasteiger partial charge in [0.2, 0.25) is 0 Å². The first-order valence-electron chi connectivity index (χ1n) is 16.0. The van der Waals surface area contributed by atoms with Gasteiger partial charge >= 0.3 is 0 Å². The van der Waals surface area contributed by atoms with Crippen LogP contribution in [0, 0.1) is 23.2 Å². The smallest absolute Gasteiger partial charge is 0.119 e. The molecule has 0 amide bonds. The van der Waals surface area contributed by atoms with Crippen LogP contribution >= 0.6 is 0 Å². The molecular formula is C36H53NO. The minimum Gasteiger partial charge on any atom is -0.494 e. The first-order chi connectivity index (χ1) is 18.7. The molecule has 0 saturated heterocycles. The maximum atomic E-state index is 9.90. The van der Waals surface area contributed by atoms with Crippen molar-refractivity contribution < 1.29 is 4.74 Å². The molecule has 2 atom stereocenters. The first-order valence-corrected chi connectivity index (χ1v) is 16.0. The second-order valence-corrected chi connectivity index (χ2v) is 11.7. The van der Waals surface area contributed by atoms with Crippen molar-refractivity contribution in [2.75, 3.05) is 6.61 Å². The molecule has 2 aromatic carbocycles. The fourth-order valence-corrected chi connectivity index (χ4v) is 6.21. The molecule has 0 radical (unpaired) electrons. The van der Waals surface area contributed by atoms with Crippen LogP contribution in [0.1, 0.15) is 134 Å². The first kappa shape index (κ1) is 30.3. The molecule has 1 fully saturated rings. The second-order valence-electron chi connectivity index (χ2n) is 11.7. The third-order valence-electron chi connectivity index (χ3n) is 8.70. The summed E-state index contributed by atoms with van der Waals surface area (Å²) < 4.78 is 5.98. The van der Waals surface area contributed by atoms with Gasteiger partial charge in [0.15, 0.2) is 0 Å². The monoisotopic (exact) mass is 515 g/mol. The van der Waals surface area contributed by atoms with E-state index in [0.717, 1.165) is 31.6 Å². The Morgan fingerprint density at radius 1 is 0.711 bits per heavy atom. The molecule has 0 spiro atoms. The maximum Gasteiger partial charge on any atom is 0.119 e. The van der Waals surface area contributed by atoms with Crippen molar-refractivity contribution in [3.8, 4) is 22.9 Å². The molecule has 2 aromatic rings. The molecule has 38 heavy (non-hydrogen) atoms. The molecule has 0 heterocycles. The Kier molecular flexibility index (Phi) is 14.4. The summed E-state index contributed by atoms with van der Waals surface area (Å²) in [6.45, 7) is 5.36. The number of nitrogens with zero attached hydrogens (tertiary/aromatic N) is 1. The predicted molar refractivity (Wildman–Crippen MR) is 163 cm³/mol. The summed E-state index contributed by atoms with van der Waals surface area (Å²) >= 11 is 0. The van der Waals surface area contributed by atoms with E-state index in [0.29, 0.717) is 11.8 Å². The SMILES string of the molecule is CCCCCCCCOc1ccc(-c2ccc([C@H](CCCCC)CCC(C#N)C3CCCCC3)cc2)cc1. The molecular weight excluding hydrogens is 462 g/mol. The van der Waals surface area contributed by atoms with Gasteiger partial charge in [0.1, 0.15) is 5.75 Å². The van der Waals surface area contributed by atoms with E-state index < -0.39 is 0 Å². The van der Waals surface area contributed by atoms with Crippen molar-refractivity contribution in [2.24, 2.45) is 11.8 Å². The summed E-state index contributed by atoms with van der Waals surface area (Å²) in [5.74, 6) is 2.41. The molecule has 1 saturated carbocycles. The lowest BCUT2D eigenvalue weighted by atomic mass is 9.77.